The molecule has 1 rings (SSSR count). The second-order valence-electron chi connectivity index (χ2n) is 4.72. The van der Waals surface area contributed by atoms with Gasteiger partial charge in [0.2, 0.25) is 0 Å². The maximum Gasteiger partial charge on any atom is 0.305 e. The van der Waals surface area contributed by atoms with E-state index in [4.69, 9.17) is 5.11 Å². The Bertz CT molecular complexity index is 438. The van der Waals surface area contributed by atoms with Gasteiger partial charge in [0.25, 0.3) is 5.91 Å². The number of hydrogen-bond acceptors (Lipinski definition) is 2. The SMILES string of the molecule is Cc1ccccc1C(=O)NC(C)(C)CC(=O)O. The number of aliphatic carboxylic acids is 1. The third kappa shape index (κ3) is 3.90. The normalized spacial score (nSPS) is 11.0. The number of aryl methyl sites for hydroxylation is 1. The van der Waals surface area contributed by atoms with Crippen LogP contribution in [0.1, 0.15) is 36.2 Å². The fourth-order valence-corrected chi connectivity index (χ4v) is 1.62. The number of hydrogen-bond donors (Lipinski definition) is 2. The minimum Gasteiger partial charge on any atom is -0.481 e. The van der Waals surface area contributed by atoms with E-state index in [0.717, 1.165) is 5.56 Å². The number of nitrogens with one attached hydrogen (secondary N) is 1. The zero-order chi connectivity index (χ0) is 13.1. The molecule has 17 heavy (non-hydrogen) atoms. The molecule has 0 spiro atoms. The molecule has 0 fully saturated rings. The quantitative estimate of drug-likeness (QED) is 0.838. The molecule has 0 bridgehead atoms. The van der Waals surface area contributed by atoms with E-state index in [1.165, 1.54) is 0 Å². The summed E-state index contributed by atoms with van der Waals surface area (Å²) in [6, 6.07) is 7.21. The fraction of sp³-hybridized carbons (Fsp3) is 0.385. The summed E-state index contributed by atoms with van der Waals surface area (Å²) in [4.78, 5) is 22.6. The lowest BCUT2D eigenvalue weighted by Crippen LogP contribution is -2.45. The summed E-state index contributed by atoms with van der Waals surface area (Å²) in [5.74, 6) is -1.17. The minimum atomic E-state index is -0.930. The third-order valence-electron chi connectivity index (χ3n) is 2.43. The predicted molar refractivity (Wildman–Crippen MR) is 65.0 cm³/mol. The standard InChI is InChI=1S/C13H17NO3/c1-9-6-4-5-7-10(9)12(17)14-13(2,3)8-11(15)16/h4-7H,8H2,1-3H3,(H,14,17)(H,15,16). The van der Waals surface area contributed by atoms with E-state index < -0.39 is 11.5 Å². The van der Waals surface area contributed by atoms with Crippen molar-refractivity contribution >= 4 is 11.9 Å². The van der Waals surface area contributed by atoms with Gasteiger partial charge in [0, 0.05) is 11.1 Å². The molecule has 0 aliphatic rings. The number of carbonyl (C=O) groups is 2. The van der Waals surface area contributed by atoms with Gasteiger partial charge in [-0.2, -0.15) is 0 Å². The molecule has 4 heteroatoms. The Labute approximate surface area is 101 Å². The highest BCUT2D eigenvalue weighted by atomic mass is 16.4. The summed E-state index contributed by atoms with van der Waals surface area (Å²) in [6.45, 7) is 5.23. The van der Waals surface area contributed by atoms with Gasteiger partial charge in [-0.05, 0) is 32.4 Å². The van der Waals surface area contributed by atoms with Gasteiger partial charge in [0.1, 0.15) is 0 Å². The van der Waals surface area contributed by atoms with E-state index in [0.29, 0.717) is 5.56 Å². The summed E-state index contributed by atoms with van der Waals surface area (Å²) < 4.78 is 0. The Morgan fingerprint density at radius 1 is 1.29 bits per heavy atom. The van der Waals surface area contributed by atoms with Crippen molar-refractivity contribution in [3.8, 4) is 0 Å². The number of carboxylic acids is 1. The number of carboxylic acid groups (broad SMARTS) is 1. The molecule has 0 saturated carbocycles. The molecule has 2 N–H and O–H groups in total. The van der Waals surface area contributed by atoms with Crippen LogP contribution < -0.4 is 5.32 Å². The first-order chi connectivity index (χ1) is 7.82. The third-order valence-corrected chi connectivity index (χ3v) is 2.43. The lowest BCUT2D eigenvalue weighted by molar-refractivity contribution is -0.138. The molecule has 0 atom stereocenters. The Kier molecular flexibility index (Phi) is 3.89. The number of amides is 1. The molecular weight excluding hydrogens is 218 g/mol. The highest BCUT2D eigenvalue weighted by molar-refractivity contribution is 5.96. The zero-order valence-electron chi connectivity index (χ0n) is 10.3. The molecule has 0 aliphatic heterocycles. The predicted octanol–water partition coefficient (Wildman–Crippen LogP) is 1.98. The van der Waals surface area contributed by atoms with Gasteiger partial charge in [-0.1, -0.05) is 18.2 Å². The average Bonchev–Trinajstić information content (AvgIpc) is 2.14. The van der Waals surface area contributed by atoms with Gasteiger partial charge in [0.05, 0.1) is 6.42 Å². The van der Waals surface area contributed by atoms with Crippen LogP contribution in [0.2, 0.25) is 0 Å². The van der Waals surface area contributed by atoms with Crippen LogP contribution in [0.4, 0.5) is 0 Å². The topological polar surface area (TPSA) is 66.4 Å². The Hall–Kier alpha value is -1.84. The lowest BCUT2D eigenvalue weighted by atomic mass is 9.99. The van der Waals surface area contributed by atoms with Crippen molar-refractivity contribution in [1.82, 2.24) is 5.32 Å². The molecule has 0 unspecified atom stereocenters. The van der Waals surface area contributed by atoms with Crippen LogP contribution in [0.15, 0.2) is 24.3 Å². The van der Waals surface area contributed by atoms with Gasteiger partial charge >= 0.3 is 5.97 Å². The first-order valence-corrected chi connectivity index (χ1v) is 5.42. The van der Waals surface area contributed by atoms with Gasteiger partial charge in [0.15, 0.2) is 0 Å². The van der Waals surface area contributed by atoms with E-state index in [1.807, 2.05) is 19.1 Å². The average molecular weight is 235 g/mol. The van der Waals surface area contributed by atoms with Gasteiger partial charge < -0.3 is 10.4 Å². The Morgan fingerprint density at radius 3 is 2.41 bits per heavy atom. The first-order valence-electron chi connectivity index (χ1n) is 5.42. The Balaban J connectivity index is 2.79. The van der Waals surface area contributed by atoms with Crippen LogP contribution in [0.25, 0.3) is 0 Å². The van der Waals surface area contributed by atoms with Crippen molar-refractivity contribution in [2.75, 3.05) is 0 Å². The molecule has 4 nitrogen and oxygen atoms in total. The smallest absolute Gasteiger partial charge is 0.305 e. The van der Waals surface area contributed by atoms with Gasteiger partial charge in [-0.15, -0.1) is 0 Å². The van der Waals surface area contributed by atoms with Crippen LogP contribution in [0.5, 0.6) is 0 Å². The highest BCUT2D eigenvalue weighted by Crippen LogP contribution is 2.12. The summed E-state index contributed by atoms with van der Waals surface area (Å²) >= 11 is 0. The summed E-state index contributed by atoms with van der Waals surface area (Å²) in [5, 5.41) is 11.5. The monoisotopic (exact) mass is 235 g/mol. The van der Waals surface area contributed by atoms with Crippen LogP contribution in [0.3, 0.4) is 0 Å². The van der Waals surface area contributed by atoms with Crippen molar-refractivity contribution in [3.05, 3.63) is 35.4 Å². The fourth-order valence-electron chi connectivity index (χ4n) is 1.62. The number of benzene rings is 1. The van der Waals surface area contributed by atoms with Crippen LogP contribution in [0, 0.1) is 6.92 Å². The Morgan fingerprint density at radius 2 is 1.88 bits per heavy atom. The molecular formula is C13H17NO3. The van der Waals surface area contributed by atoms with Crippen molar-refractivity contribution < 1.29 is 14.7 Å². The molecule has 0 saturated heterocycles. The summed E-state index contributed by atoms with van der Waals surface area (Å²) in [7, 11) is 0. The van der Waals surface area contributed by atoms with Crippen molar-refractivity contribution in [1.29, 1.82) is 0 Å². The number of carbonyl (C=O) groups excluding carboxylic acids is 1. The summed E-state index contributed by atoms with van der Waals surface area (Å²) in [6.07, 6.45) is -0.107. The van der Waals surface area contributed by atoms with E-state index in [9.17, 15) is 9.59 Å². The van der Waals surface area contributed by atoms with Crippen LogP contribution in [-0.2, 0) is 4.79 Å². The molecule has 1 aromatic carbocycles. The largest absolute Gasteiger partial charge is 0.481 e. The van der Waals surface area contributed by atoms with E-state index in [2.05, 4.69) is 5.32 Å². The molecule has 0 radical (unpaired) electrons. The second kappa shape index (κ2) is 4.99. The first kappa shape index (κ1) is 13.2. The minimum absolute atomic E-state index is 0.107. The molecule has 0 aliphatic carbocycles. The number of rotatable bonds is 4. The molecule has 0 heterocycles. The van der Waals surface area contributed by atoms with E-state index in [1.54, 1.807) is 26.0 Å². The highest BCUT2D eigenvalue weighted by Gasteiger charge is 2.24. The zero-order valence-corrected chi connectivity index (χ0v) is 10.3. The van der Waals surface area contributed by atoms with Crippen molar-refractivity contribution in [2.24, 2.45) is 0 Å². The van der Waals surface area contributed by atoms with E-state index in [-0.39, 0.29) is 12.3 Å². The molecule has 1 amide bonds. The molecule has 1 aromatic rings. The lowest BCUT2D eigenvalue weighted by Gasteiger charge is -2.24. The van der Waals surface area contributed by atoms with Crippen LogP contribution >= 0.6 is 0 Å². The molecule has 0 aromatic heterocycles. The maximum atomic E-state index is 12.0. The van der Waals surface area contributed by atoms with Crippen molar-refractivity contribution in [3.63, 3.8) is 0 Å². The van der Waals surface area contributed by atoms with Crippen molar-refractivity contribution in [2.45, 2.75) is 32.7 Å². The van der Waals surface area contributed by atoms with Crippen LogP contribution in [-0.4, -0.2) is 22.5 Å². The summed E-state index contributed by atoms with van der Waals surface area (Å²) in [5.41, 5.74) is 0.688. The van der Waals surface area contributed by atoms with E-state index >= 15 is 0 Å². The maximum absolute atomic E-state index is 12.0. The van der Waals surface area contributed by atoms with Gasteiger partial charge in [-0.3, -0.25) is 9.59 Å². The second-order valence-corrected chi connectivity index (χ2v) is 4.72. The molecule has 92 valence electrons. The van der Waals surface area contributed by atoms with Gasteiger partial charge in [-0.25, -0.2) is 0 Å².